The summed E-state index contributed by atoms with van der Waals surface area (Å²) in [4.78, 5) is 23.7. The minimum atomic E-state index is -0.540. The molecule has 1 unspecified atom stereocenters. The summed E-state index contributed by atoms with van der Waals surface area (Å²) in [5, 5.41) is 19.9. The molecule has 0 fully saturated rings. The fourth-order valence-corrected chi connectivity index (χ4v) is 3.83. The monoisotopic (exact) mass is 472 g/mol. The third kappa shape index (κ3) is 7.37. The predicted molar refractivity (Wildman–Crippen MR) is 131 cm³/mol. The average molecular weight is 473 g/mol. The van der Waals surface area contributed by atoms with Gasteiger partial charge in [-0.1, -0.05) is 29.8 Å². The highest BCUT2D eigenvalue weighted by molar-refractivity contribution is 7.99. The molecule has 2 aromatic rings. The summed E-state index contributed by atoms with van der Waals surface area (Å²) in [6.07, 6.45) is 3.56. The largest absolute Gasteiger partial charge is 0.496 e. The lowest BCUT2D eigenvalue weighted by Gasteiger charge is -2.12. The highest BCUT2D eigenvalue weighted by Crippen LogP contribution is 2.27. The lowest BCUT2D eigenvalue weighted by Crippen LogP contribution is -2.10. The van der Waals surface area contributed by atoms with Gasteiger partial charge in [-0.15, -0.1) is 11.8 Å². The van der Waals surface area contributed by atoms with Crippen molar-refractivity contribution in [3.63, 3.8) is 0 Å². The van der Waals surface area contributed by atoms with E-state index in [4.69, 9.17) is 21.7 Å². The van der Waals surface area contributed by atoms with E-state index in [2.05, 4.69) is 5.32 Å². The number of para-hydroxylation sites is 1. The maximum atomic E-state index is 12.8. The molecule has 3 N–H and O–H groups in total. The van der Waals surface area contributed by atoms with Crippen LogP contribution < -0.4 is 10.1 Å². The molecule has 32 heavy (non-hydrogen) atoms. The third-order valence-corrected chi connectivity index (χ3v) is 5.88. The molecule has 0 saturated carbocycles. The molecule has 0 saturated heterocycles. The van der Waals surface area contributed by atoms with Crippen LogP contribution in [0.2, 0.25) is 0 Å². The maximum absolute atomic E-state index is 12.8. The van der Waals surface area contributed by atoms with Crippen LogP contribution in [0.4, 0.5) is 5.69 Å². The number of anilines is 1. The first-order valence-electron chi connectivity index (χ1n) is 9.74. The molecule has 0 radical (unpaired) electrons. The van der Waals surface area contributed by atoms with Crippen molar-refractivity contribution >= 4 is 46.8 Å². The van der Waals surface area contributed by atoms with E-state index in [0.717, 1.165) is 11.3 Å². The molecule has 0 aromatic heterocycles. The summed E-state index contributed by atoms with van der Waals surface area (Å²) in [6, 6.07) is 14.3. The van der Waals surface area contributed by atoms with Crippen LogP contribution in [0.1, 0.15) is 22.8 Å². The van der Waals surface area contributed by atoms with Gasteiger partial charge >= 0.3 is 0 Å². The van der Waals surface area contributed by atoms with E-state index in [-0.39, 0.29) is 23.3 Å². The molecule has 8 heteroatoms. The Kier molecular flexibility index (Phi) is 10.2. The first-order chi connectivity index (χ1) is 15.4. The number of carbonyl (C=O) groups is 2. The number of hydrogen-bond acceptors (Lipinski definition) is 7. The number of aliphatic hydroxyl groups is 1. The molecule has 1 atom stereocenters. The average Bonchev–Trinajstić information content (AvgIpc) is 2.80. The maximum Gasteiger partial charge on any atom is 0.185 e. The van der Waals surface area contributed by atoms with Crippen molar-refractivity contribution in [2.75, 3.05) is 19.0 Å². The van der Waals surface area contributed by atoms with E-state index in [1.165, 1.54) is 31.0 Å². The molecular formula is C24H25ClN2O4S. The first-order valence-corrected chi connectivity index (χ1v) is 11.2. The van der Waals surface area contributed by atoms with Crippen molar-refractivity contribution in [3.05, 3.63) is 82.5 Å². The molecule has 0 aliphatic carbocycles. The van der Waals surface area contributed by atoms with Gasteiger partial charge in [-0.3, -0.25) is 4.79 Å². The summed E-state index contributed by atoms with van der Waals surface area (Å²) >= 11 is 7.63. The normalized spacial score (nSPS) is 12.8. The Bertz CT molecular complexity index is 1020. The van der Waals surface area contributed by atoms with Gasteiger partial charge < -0.3 is 25.4 Å². The quantitative estimate of drug-likeness (QED) is 0.102. The number of methoxy groups -OCH3 is 1. The topological polar surface area (TPSA) is 99.5 Å². The van der Waals surface area contributed by atoms with Crippen LogP contribution >= 0.6 is 23.4 Å². The molecule has 0 bridgehead atoms. The molecule has 2 aromatic carbocycles. The zero-order chi connectivity index (χ0) is 23.5. The molecule has 168 valence electrons. The fourth-order valence-electron chi connectivity index (χ4n) is 2.71. The number of nitrogens with one attached hydrogen (secondary N) is 2. The van der Waals surface area contributed by atoms with E-state index < -0.39 is 5.25 Å². The van der Waals surface area contributed by atoms with Gasteiger partial charge in [0.2, 0.25) is 0 Å². The molecule has 0 amide bonds. The minimum absolute atomic E-state index is 0.207. The van der Waals surface area contributed by atoms with Gasteiger partial charge in [-0.25, -0.2) is 0 Å². The van der Waals surface area contributed by atoms with Crippen LogP contribution in [0.25, 0.3) is 0 Å². The van der Waals surface area contributed by atoms with E-state index in [1.54, 1.807) is 25.1 Å². The Morgan fingerprint density at radius 1 is 1.25 bits per heavy atom. The number of ketones is 1. The molecular weight excluding hydrogens is 448 g/mol. The number of carbonyl (C=O) groups excluding carboxylic acids is 2. The Balaban J connectivity index is 2.23. The molecule has 0 aliphatic heterocycles. The van der Waals surface area contributed by atoms with Crippen LogP contribution in [0, 0.1) is 5.41 Å². The number of benzene rings is 2. The van der Waals surface area contributed by atoms with E-state index in [0.29, 0.717) is 28.9 Å². The number of allylic oxidation sites excluding steroid dienone is 3. The third-order valence-electron chi connectivity index (χ3n) is 4.42. The van der Waals surface area contributed by atoms with Crippen molar-refractivity contribution in [2.45, 2.75) is 17.9 Å². The summed E-state index contributed by atoms with van der Waals surface area (Å²) < 4.78 is 5.34. The van der Waals surface area contributed by atoms with Gasteiger partial charge in [-0.2, -0.15) is 0 Å². The van der Waals surface area contributed by atoms with Crippen LogP contribution in [0.15, 0.2) is 71.4 Å². The van der Waals surface area contributed by atoms with Crippen molar-refractivity contribution < 1.29 is 19.4 Å². The Morgan fingerprint density at radius 3 is 2.56 bits per heavy atom. The van der Waals surface area contributed by atoms with E-state index in [9.17, 15) is 14.7 Å². The molecule has 6 nitrogen and oxygen atoms in total. The van der Waals surface area contributed by atoms with Crippen molar-refractivity contribution in [1.29, 1.82) is 5.41 Å². The second-order valence-corrected chi connectivity index (χ2v) is 8.34. The van der Waals surface area contributed by atoms with Gasteiger partial charge in [0, 0.05) is 33.9 Å². The molecule has 0 aliphatic rings. The Hall–Kier alpha value is -2.87. The Morgan fingerprint density at radius 2 is 1.97 bits per heavy atom. The standard InChI is InChI=1S/C24H25ClN2O4S/c1-16(26)21(24(25)27-19-6-4-3-5-7-19)9-10-22(30)17-8-11-23(31-2)18(12-17)15-32-20(13-28)14-29/h3-13,20,26-27,29H,14-15H2,1-2H3/b10-9+,24-21-,26-16?. The zero-order valence-electron chi connectivity index (χ0n) is 17.8. The second kappa shape index (κ2) is 12.9. The van der Waals surface area contributed by atoms with E-state index >= 15 is 0 Å². The summed E-state index contributed by atoms with van der Waals surface area (Å²) in [5.74, 6) is 0.720. The van der Waals surface area contributed by atoms with Crippen LogP contribution in [-0.4, -0.2) is 41.9 Å². The summed E-state index contributed by atoms with van der Waals surface area (Å²) in [5.41, 5.74) is 2.53. The summed E-state index contributed by atoms with van der Waals surface area (Å²) in [7, 11) is 1.53. The van der Waals surface area contributed by atoms with Crippen LogP contribution in [-0.2, 0) is 10.5 Å². The van der Waals surface area contributed by atoms with Gasteiger partial charge in [0.05, 0.1) is 19.0 Å². The molecule has 0 heterocycles. The number of hydrogen-bond donors (Lipinski definition) is 3. The predicted octanol–water partition coefficient (Wildman–Crippen LogP) is 4.83. The highest BCUT2D eigenvalue weighted by atomic mass is 35.5. The van der Waals surface area contributed by atoms with Crippen molar-refractivity contribution in [1.82, 2.24) is 0 Å². The number of thioether (sulfide) groups is 1. The Labute approximate surface area is 196 Å². The zero-order valence-corrected chi connectivity index (χ0v) is 19.4. The van der Waals surface area contributed by atoms with Gasteiger partial charge in [0.15, 0.2) is 5.78 Å². The lowest BCUT2D eigenvalue weighted by molar-refractivity contribution is -0.107. The van der Waals surface area contributed by atoms with Crippen molar-refractivity contribution in [2.24, 2.45) is 0 Å². The highest BCUT2D eigenvalue weighted by Gasteiger charge is 2.13. The number of aliphatic hydroxyl groups excluding tert-OH is 1. The fraction of sp³-hybridized carbons (Fsp3) is 0.208. The van der Waals surface area contributed by atoms with E-state index in [1.807, 2.05) is 30.3 Å². The van der Waals surface area contributed by atoms with Crippen LogP contribution in [0.3, 0.4) is 0 Å². The second-order valence-electron chi connectivity index (χ2n) is 6.74. The van der Waals surface area contributed by atoms with Gasteiger partial charge in [0.1, 0.15) is 17.2 Å². The summed E-state index contributed by atoms with van der Waals surface area (Å²) in [6.45, 7) is 1.33. The van der Waals surface area contributed by atoms with Gasteiger partial charge in [0.25, 0.3) is 0 Å². The van der Waals surface area contributed by atoms with Crippen LogP contribution in [0.5, 0.6) is 5.75 Å². The number of halogens is 1. The SMILES string of the molecule is COc1ccc(C(=O)/C=C/C(C(C)=N)=C(\Cl)Nc2ccccc2)cc1CSC(C=O)CO. The lowest BCUT2D eigenvalue weighted by atomic mass is 10.1. The minimum Gasteiger partial charge on any atom is -0.496 e. The smallest absolute Gasteiger partial charge is 0.185 e. The molecule has 2 rings (SSSR count). The molecule has 0 spiro atoms. The van der Waals surface area contributed by atoms with Crippen molar-refractivity contribution in [3.8, 4) is 5.75 Å². The first kappa shape index (κ1) is 25.4. The van der Waals surface area contributed by atoms with Gasteiger partial charge in [-0.05, 0) is 49.4 Å². The number of rotatable bonds is 12. The number of aldehydes is 1. The number of ether oxygens (including phenoxy) is 1.